The highest BCUT2D eigenvalue weighted by Crippen LogP contribution is 2.03. The molecule has 0 aromatic rings. The first-order valence-corrected chi connectivity index (χ1v) is 4.32. The third-order valence-electron chi connectivity index (χ3n) is 1.99. The maximum absolute atomic E-state index is 8.72. The Morgan fingerprint density at radius 1 is 1.69 bits per heavy atom. The molecule has 0 aliphatic heterocycles. The minimum Gasteiger partial charge on any atom is -0.383 e. The third-order valence-corrected chi connectivity index (χ3v) is 1.99. The fourth-order valence-electron chi connectivity index (χ4n) is 1.08. The highest BCUT2D eigenvalue weighted by molar-refractivity contribution is 5.03. The van der Waals surface area contributed by atoms with Crippen molar-refractivity contribution in [1.29, 1.82) is 5.26 Å². The second-order valence-electron chi connectivity index (χ2n) is 3.75. The molecule has 13 heavy (non-hydrogen) atoms. The van der Waals surface area contributed by atoms with Crippen molar-refractivity contribution in [3.63, 3.8) is 0 Å². The molecular weight excluding hydrogens is 166 g/mol. The van der Waals surface area contributed by atoms with E-state index in [4.69, 9.17) is 15.7 Å². The van der Waals surface area contributed by atoms with Crippen molar-refractivity contribution in [2.45, 2.75) is 25.4 Å². The lowest BCUT2D eigenvalue weighted by atomic mass is 10.1. The molecule has 2 N–H and O–H groups in total. The lowest BCUT2D eigenvalue weighted by Crippen LogP contribution is -2.48. The van der Waals surface area contributed by atoms with Crippen molar-refractivity contribution >= 4 is 0 Å². The maximum atomic E-state index is 8.72. The second kappa shape index (κ2) is 5.18. The van der Waals surface area contributed by atoms with Gasteiger partial charge in [0.1, 0.15) is 5.54 Å². The number of hydrogen-bond acceptors (Lipinski definition) is 4. The second-order valence-corrected chi connectivity index (χ2v) is 3.75. The molecule has 0 rings (SSSR count). The van der Waals surface area contributed by atoms with Crippen molar-refractivity contribution in [3.05, 3.63) is 0 Å². The van der Waals surface area contributed by atoms with Crippen molar-refractivity contribution < 1.29 is 4.74 Å². The summed E-state index contributed by atoms with van der Waals surface area (Å²) in [5.74, 6) is 0. The quantitative estimate of drug-likeness (QED) is 0.664. The molecule has 0 radical (unpaired) electrons. The topological polar surface area (TPSA) is 62.3 Å². The third kappa shape index (κ3) is 4.83. The van der Waals surface area contributed by atoms with Crippen LogP contribution in [0.15, 0.2) is 0 Å². The minimum absolute atomic E-state index is 0.279. The summed E-state index contributed by atoms with van der Waals surface area (Å²) in [5.41, 5.74) is 4.93. The standard InChI is InChI=1S/C9H19N3O/c1-8(5-13-4)12(3)7-9(2,11)6-10/h8H,5,7,11H2,1-4H3. The smallest absolute Gasteiger partial charge is 0.114 e. The summed E-state index contributed by atoms with van der Waals surface area (Å²) in [4.78, 5) is 2.02. The zero-order valence-electron chi connectivity index (χ0n) is 8.87. The largest absolute Gasteiger partial charge is 0.383 e. The van der Waals surface area contributed by atoms with Crippen LogP contribution in [0.25, 0.3) is 0 Å². The van der Waals surface area contributed by atoms with Crippen LogP contribution in [-0.2, 0) is 4.74 Å². The molecule has 0 aromatic heterocycles. The lowest BCUT2D eigenvalue weighted by molar-refractivity contribution is 0.108. The Kier molecular flexibility index (Phi) is 4.92. The molecule has 0 saturated heterocycles. The molecule has 0 aliphatic rings. The first kappa shape index (κ1) is 12.4. The van der Waals surface area contributed by atoms with Gasteiger partial charge in [0, 0.05) is 19.7 Å². The van der Waals surface area contributed by atoms with E-state index in [1.165, 1.54) is 0 Å². The van der Waals surface area contributed by atoms with E-state index in [0.717, 1.165) is 0 Å². The summed E-state index contributed by atoms with van der Waals surface area (Å²) in [5, 5.41) is 8.72. The van der Waals surface area contributed by atoms with E-state index in [2.05, 4.69) is 6.07 Å². The van der Waals surface area contributed by atoms with Crippen LogP contribution in [0, 0.1) is 11.3 Å². The Morgan fingerprint density at radius 2 is 2.23 bits per heavy atom. The van der Waals surface area contributed by atoms with Crippen LogP contribution in [0.2, 0.25) is 0 Å². The molecule has 4 nitrogen and oxygen atoms in total. The van der Waals surface area contributed by atoms with Crippen molar-refractivity contribution in [2.24, 2.45) is 5.73 Å². The van der Waals surface area contributed by atoms with E-state index in [1.807, 2.05) is 18.9 Å². The average molecular weight is 185 g/mol. The van der Waals surface area contributed by atoms with Gasteiger partial charge in [0.15, 0.2) is 0 Å². The molecule has 76 valence electrons. The van der Waals surface area contributed by atoms with Gasteiger partial charge in [0.2, 0.25) is 0 Å². The van der Waals surface area contributed by atoms with Crippen LogP contribution in [0.5, 0.6) is 0 Å². The predicted molar refractivity (Wildman–Crippen MR) is 52.2 cm³/mol. The molecule has 0 aromatic carbocycles. The summed E-state index contributed by atoms with van der Waals surface area (Å²) < 4.78 is 5.01. The number of ether oxygens (including phenoxy) is 1. The predicted octanol–water partition coefficient (Wildman–Crippen LogP) is 0.194. The molecule has 2 unspecified atom stereocenters. The van der Waals surface area contributed by atoms with Gasteiger partial charge in [-0.1, -0.05) is 0 Å². The molecule has 0 spiro atoms. The van der Waals surface area contributed by atoms with Crippen LogP contribution in [0.4, 0.5) is 0 Å². The SMILES string of the molecule is COCC(C)N(C)CC(C)(N)C#N. The normalized spacial score (nSPS) is 17.9. The highest BCUT2D eigenvalue weighted by Gasteiger charge is 2.22. The van der Waals surface area contributed by atoms with Gasteiger partial charge in [0.05, 0.1) is 12.7 Å². The van der Waals surface area contributed by atoms with Crippen LogP contribution < -0.4 is 5.73 Å². The van der Waals surface area contributed by atoms with Gasteiger partial charge in [-0.25, -0.2) is 0 Å². The Morgan fingerprint density at radius 3 is 2.62 bits per heavy atom. The molecule has 4 heteroatoms. The maximum Gasteiger partial charge on any atom is 0.114 e. The zero-order valence-corrected chi connectivity index (χ0v) is 8.87. The van der Waals surface area contributed by atoms with Gasteiger partial charge in [-0.05, 0) is 20.9 Å². The number of hydrogen-bond donors (Lipinski definition) is 1. The number of methoxy groups -OCH3 is 1. The van der Waals surface area contributed by atoms with Gasteiger partial charge < -0.3 is 10.5 Å². The molecular formula is C9H19N3O. The first-order chi connectivity index (χ1) is 5.93. The number of nitrogens with two attached hydrogens (primary N) is 1. The van der Waals surface area contributed by atoms with E-state index in [-0.39, 0.29) is 6.04 Å². The summed E-state index contributed by atoms with van der Waals surface area (Å²) in [6.07, 6.45) is 0. The fourth-order valence-corrected chi connectivity index (χ4v) is 1.08. The van der Waals surface area contributed by atoms with E-state index in [0.29, 0.717) is 13.2 Å². The fraction of sp³-hybridized carbons (Fsp3) is 0.889. The van der Waals surface area contributed by atoms with Crippen molar-refractivity contribution in [3.8, 4) is 6.07 Å². The molecule has 0 fully saturated rings. The van der Waals surface area contributed by atoms with E-state index >= 15 is 0 Å². The van der Waals surface area contributed by atoms with E-state index in [9.17, 15) is 0 Å². The Labute approximate surface area is 80.3 Å². The number of likely N-dealkylation sites (N-methyl/N-ethyl adjacent to an activating group) is 1. The van der Waals surface area contributed by atoms with Crippen LogP contribution in [0.1, 0.15) is 13.8 Å². The number of nitriles is 1. The van der Waals surface area contributed by atoms with Gasteiger partial charge in [0.25, 0.3) is 0 Å². The van der Waals surface area contributed by atoms with E-state index in [1.54, 1.807) is 14.0 Å². The lowest BCUT2D eigenvalue weighted by Gasteiger charge is -2.29. The molecule has 0 aliphatic carbocycles. The number of rotatable bonds is 5. The van der Waals surface area contributed by atoms with Crippen molar-refractivity contribution in [1.82, 2.24) is 4.90 Å². The Bertz CT molecular complexity index is 186. The van der Waals surface area contributed by atoms with E-state index < -0.39 is 5.54 Å². The number of nitrogens with zero attached hydrogens (tertiary/aromatic N) is 2. The Balaban J connectivity index is 4.00. The summed E-state index contributed by atoms with van der Waals surface area (Å²) in [7, 11) is 3.60. The highest BCUT2D eigenvalue weighted by atomic mass is 16.5. The van der Waals surface area contributed by atoms with Gasteiger partial charge in [-0.15, -0.1) is 0 Å². The minimum atomic E-state index is -0.781. The van der Waals surface area contributed by atoms with Crippen LogP contribution in [-0.4, -0.2) is 43.8 Å². The molecule has 0 bridgehead atoms. The summed E-state index contributed by atoms with van der Waals surface area (Å²) in [6.45, 7) is 4.96. The van der Waals surface area contributed by atoms with Crippen LogP contribution in [0.3, 0.4) is 0 Å². The van der Waals surface area contributed by atoms with Gasteiger partial charge in [-0.3, -0.25) is 4.90 Å². The molecule has 0 heterocycles. The van der Waals surface area contributed by atoms with Crippen LogP contribution >= 0.6 is 0 Å². The van der Waals surface area contributed by atoms with Gasteiger partial charge in [-0.2, -0.15) is 5.26 Å². The molecule has 0 amide bonds. The molecule has 0 saturated carbocycles. The summed E-state index contributed by atoms with van der Waals surface area (Å²) in [6, 6.07) is 2.34. The zero-order chi connectivity index (χ0) is 10.5. The monoisotopic (exact) mass is 185 g/mol. The van der Waals surface area contributed by atoms with Crippen molar-refractivity contribution in [2.75, 3.05) is 27.3 Å². The first-order valence-electron chi connectivity index (χ1n) is 4.32. The molecule has 2 atom stereocenters. The average Bonchev–Trinajstić information content (AvgIpc) is 2.04. The summed E-state index contributed by atoms with van der Waals surface area (Å²) >= 11 is 0. The van der Waals surface area contributed by atoms with Gasteiger partial charge >= 0.3 is 0 Å². The Hall–Kier alpha value is -0.630.